The second-order valence-electron chi connectivity index (χ2n) is 9.14. The Balaban J connectivity index is 1.83. The zero-order chi connectivity index (χ0) is 22.3. The van der Waals surface area contributed by atoms with E-state index >= 15 is 4.39 Å². The summed E-state index contributed by atoms with van der Waals surface area (Å²) in [7, 11) is 2.13. The molecule has 0 aliphatic carbocycles. The number of fused-ring (bicyclic) bond motifs is 1. The van der Waals surface area contributed by atoms with Crippen molar-refractivity contribution in [2.45, 2.75) is 52.5 Å². The van der Waals surface area contributed by atoms with E-state index in [1.165, 1.54) is 0 Å². The number of piperidine rings is 1. The molecule has 2 aromatic carbocycles. The summed E-state index contributed by atoms with van der Waals surface area (Å²) >= 11 is 0. The van der Waals surface area contributed by atoms with Gasteiger partial charge in [0.2, 0.25) is 0 Å². The third kappa shape index (κ3) is 3.81. The molecule has 0 bridgehead atoms. The number of anilines is 2. The number of nitriles is 1. The Morgan fingerprint density at radius 2 is 1.87 bits per heavy atom. The van der Waals surface area contributed by atoms with E-state index in [-0.39, 0.29) is 17.8 Å². The fraction of sp³-hybridized carbons (Fsp3) is 0.423. The summed E-state index contributed by atoms with van der Waals surface area (Å²) in [4.78, 5) is 7.85. The lowest BCUT2D eigenvalue weighted by molar-refractivity contribution is 0.252. The minimum Gasteiger partial charge on any atom is -0.341 e. The number of nitrogens with one attached hydrogen (secondary N) is 1. The van der Waals surface area contributed by atoms with E-state index in [1.807, 2.05) is 31.2 Å². The Hall–Kier alpha value is -2.84. The number of hydrogen-bond donors (Lipinski definition) is 1. The number of rotatable bonds is 4. The number of benzene rings is 2. The van der Waals surface area contributed by atoms with Crippen LogP contribution >= 0.6 is 0 Å². The highest BCUT2D eigenvalue weighted by molar-refractivity contribution is 5.91. The second-order valence-corrected chi connectivity index (χ2v) is 9.14. The lowest BCUT2D eigenvalue weighted by Crippen LogP contribution is -2.31. The van der Waals surface area contributed by atoms with Crippen LogP contribution in [0.4, 0.5) is 15.9 Å². The van der Waals surface area contributed by atoms with Crippen molar-refractivity contribution in [2.75, 3.05) is 25.0 Å². The molecule has 162 valence electrons. The molecular weight excluding hydrogens is 387 g/mol. The highest BCUT2D eigenvalue weighted by Gasteiger charge is 2.28. The smallest absolute Gasteiger partial charge is 0.150 e. The third-order valence-corrected chi connectivity index (χ3v) is 6.68. The van der Waals surface area contributed by atoms with Crippen LogP contribution in [0.25, 0.3) is 10.9 Å². The topological polar surface area (TPSA) is 46.1 Å². The van der Waals surface area contributed by atoms with Crippen molar-refractivity contribution < 1.29 is 4.39 Å². The molecule has 1 fully saturated rings. The highest BCUT2D eigenvalue weighted by atomic mass is 19.1. The number of halogens is 1. The molecule has 5 heteroatoms. The zero-order valence-corrected chi connectivity index (χ0v) is 19.1. The van der Waals surface area contributed by atoms with Crippen LogP contribution < -0.4 is 4.90 Å². The standard InChI is InChI=1S/C26H31FN4/c1-16(2)31(26-18(4)21-8-7-19(15-28)14-22(21)29-26)23-9-6-17(3)24(25(23)27)20-10-12-30(5)13-11-20/h6-9,14,16,20,29H,10-13H2,1-5H3. The number of H-pyrrole nitrogens is 1. The molecule has 1 aliphatic heterocycles. The van der Waals surface area contributed by atoms with Crippen LogP contribution in [0.1, 0.15) is 54.9 Å². The first kappa shape index (κ1) is 21.4. The van der Waals surface area contributed by atoms with E-state index in [2.05, 4.69) is 54.7 Å². The van der Waals surface area contributed by atoms with Gasteiger partial charge in [-0.15, -0.1) is 0 Å². The van der Waals surface area contributed by atoms with Crippen molar-refractivity contribution in [3.8, 4) is 6.07 Å². The van der Waals surface area contributed by atoms with Crippen molar-refractivity contribution in [3.63, 3.8) is 0 Å². The summed E-state index contributed by atoms with van der Waals surface area (Å²) < 4.78 is 16.1. The lowest BCUT2D eigenvalue weighted by Gasteiger charge is -2.33. The molecule has 0 spiro atoms. The van der Waals surface area contributed by atoms with Gasteiger partial charge in [-0.05, 0) is 101 Å². The number of aromatic nitrogens is 1. The Labute approximate surface area is 184 Å². The predicted octanol–water partition coefficient (Wildman–Crippen LogP) is 6.15. The Morgan fingerprint density at radius 3 is 2.52 bits per heavy atom. The monoisotopic (exact) mass is 418 g/mol. The van der Waals surface area contributed by atoms with E-state index in [9.17, 15) is 5.26 Å². The average molecular weight is 419 g/mol. The normalized spacial score (nSPS) is 15.5. The second kappa shape index (κ2) is 8.36. The van der Waals surface area contributed by atoms with E-state index in [1.54, 1.807) is 0 Å². The molecule has 0 amide bonds. The summed E-state index contributed by atoms with van der Waals surface area (Å²) in [5.41, 5.74) is 5.10. The van der Waals surface area contributed by atoms with Crippen LogP contribution in [0.15, 0.2) is 30.3 Å². The van der Waals surface area contributed by atoms with Crippen molar-refractivity contribution >= 4 is 22.4 Å². The maximum atomic E-state index is 16.1. The summed E-state index contributed by atoms with van der Waals surface area (Å²) in [5, 5.41) is 10.3. The molecule has 0 atom stereocenters. The molecule has 0 unspecified atom stereocenters. The molecule has 1 aliphatic rings. The maximum Gasteiger partial charge on any atom is 0.150 e. The van der Waals surface area contributed by atoms with Gasteiger partial charge in [-0.2, -0.15) is 5.26 Å². The third-order valence-electron chi connectivity index (χ3n) is 6.68. The molecule has 2 heterocycles. The lowest BCUT2D eigenvalue weighted by atomic mass is 9.86. The van der Waals surface area contributed by atoms with Crippen LogP contribution in [0.5, 0.6) is 0 Å². The van der Waals surface area contributed by atoms with Crippen molar-refractivity contribution in [1.82, 2.24) is 9.88 Å². The van der Waals surface area contributed by atoms with Gasteiger partial charge in [-0.1, -0.05) is 12.1 Å². The Kier molecular flexibility index (Phi) is 5.77. The van der Waals surface area contributed by atoms with Gasteiger partial charge >= 0.3 is 0 Å². The average Bonchev–Trinajstić information content (AvgIpc) is 3.06. The number of aromatic amines is 1. The maximum absolute atomic E-state index is 16.1. The van der Waals surface area contributed by atoms with Crippen LogP contribution in [0.3, 0.4) is 0 Å². The molecule has 31 heavy (non-hydrogen) atoms. The summed E-state index contributed by atoms with van der Waals surface area (Å²) in [6.45, 7) is 10.3. The van der Waals surface area contributed by atoms with E-state index in [4.69, 9.17) is 0 Å². The highest BCUT2D eigenvalue weighted by Crippen LogP contribution is 2.40. The zero-order valence-electron chi connectivity index (χ0n) is 19.1. The first-order chi connectivity index (χ1) is 14.8. The predicted molar refractivity (Wildman–Crippen MR) is 126 cm³/mol. The van der Waals surface area contributed by atoms with Gasteiger partial charge < -0.3 is 14.8 Å². The van der Waals surface area contributed by atoms with Crippen LogP contribution in [0.2, 0.25) is 0 Å². The van der Waals surface area contributed by atoms with E-state index in [0.29, 0.717) is 11.3 Å². The molecule has 4 rings (SSSR count). The molecule has 0 saturated carbocycles. The first-order valence-corrected chi connectivity index (χ1v) is 11.1. The van der Waals surface area contributed by atoms with Gasteiger partial charge in [0.1, 0.15) is 5.82 Å². The van der Waals surface area contributed by atoms with Crippen molar-refractivity contribution in [1.29, 1.82) is 5.26 Å². The van der Waals surface area contributed by atoms with Gasteiger partial charge in [0, 0.05) is 16.9 Å². The number of likely N-dealkylation sites (tertiary alicyclic amines) is 1. The molecule has 1 N–H and O–H groups in total. The number of hydrogen-bond acceptors (Lipinski definition) is 3. The minimum atomic E-state index is -0.0981. The van der Waals surface area contributed by atoms with Gasteiger partial charge in [-0.3, -0.25) is 0 Å². The molecule has 1 saturated heterocycles. The van der Waals surface area contributed by atoms with Crippen LogP contribution in [0, 0.1) is 31.0 Å². The van der Waals surface area contributed by atoms with Crippen LogP contribution in [-0.2, 0) is 0 Å². The summed E-state index contributed by atoms with van der Waals surface area (Å²) in [6.07, 6.45) is 1.98. The van der Waals surface area contributed by atoms with Gasteiger partial charge in [-0.25, -0.2) is 4.39 Å². The SMILES string of the molecule is Cc1ccc(N(c2[nH]c3cc(C#N)ccc3c2C)C(C)C)c(F)c1C1CCN(C)CC1. The molecular formula is C26H31FN4. The van der Waals surface area contributed by atoms with Crippen molar-refractivity contribution in [2.24, 2.45) is 0 Å². The minimum absolute atomic E-state index is 0.0599. The van der Waals surface area contributed by atoms with E-state index in [0.717, 1.165) is 59.3 Å². The quantitative estimate of drug-likeness (QED) is 0.553. The molecule has 0 radical (unpaired) electrons. The Morgan fingerprint density at radius 1 is 1.16 bits per heavy atom. The van der Waals surface area contributed by atoms with Gasteiger partial charge in [0.05, 0.1) is 17.3 Å². The fourth-order valence-electron chi connectivity index (χ4n) is 4.95. The van der Waals surface area contributed by atoms with Crippen LogP contribution in [-0.4, -0.2) is 36.1 Å². The fourth-order valence-corrected chi connectivity index (χ4v) is 4.95. The van der Waals surface area contributed by atoms with Gasteiger partial charge in [0.25, 0.3) is 0 Å². The molecule has 3 aromatic rings. The summed E-state index contributed by atoms with van der Waals surface area (Å²) in [6, 6.07) is 11.9. The number of nitrogens with zero attached hydrogens (tertiary/aromatic N) is 3. The van der Waals surface area contributed by atoms with E-state index < -0.39 is 0 Å². The first-order valence-electron chi connectivity index (χ1n) is 11.1. The van der Waals surface area contributed by atoms with Crippen molar-refractivity contribution in [3.05, 3.63) is 58.4 Å². The molecule has 1 aromatic heterocycles. The number of aryl methyl sites for hydroxylation is 2. The largest absolute Gasteiger partial charge is 0.341 e. The Bertz CT molecular complexity index is 1150. The van der Waals surface area contributed by atoms with Gasteiger partial charge in [0.15, 0.2) is 5.82 Å². The summed E-state index contributed by atoms with van der Waals surface area (Å²) in [5.74, 6) is 1.04. The molecule has 4 nitrogen and oxygen atoms in total.